The number of amides is 1. The Morgan fingerprint density at radius 2 is 2.04 bits per heavy atom. The molecule has 0 bridgehead atoms. The van der Waals surface area contributed by atoms with Gasteiger partial charge in [-0.2, -0.15) is 5.10 Å². The number of nitrogens with one attached hydrogen (secondary N) is 1. The largest absolute Gasteiger partial charge is 0.384 e. The van der Waals surface area contributed by atoms with Crippen molar-refractivity contribution >= 4 is 17.2 Å². The van der Waals surface area contributed by atoms with Gasteiger partial charge in [0.2, 0.25) is 0 Å². The lowest BCUT2D eigenvalue weighted by atomic mass is 9.96. The van der Waals surface area contributed by atoms with E-state index in [-0.39, 0.29) is 12.5 Å². The summed E-state index contributed by atoms with van der Waals surface area (Å²) < 4.78 is 1.62. The summed E-state index contributed by atoms with van der Waals surface area (Å²) in [5, 5.41) is 19.8. The van der Waals surface area contributed by atoms with Gasteiger partial charge in [0.25, 0.3) is 5.91 Å². The van der Waals surface area contributed by atoms with Crippen molar-refractivity contribution in [2.45, 2.75) is 12.5 Å². The second-order valence-electron chi connectivity index (χ2n) is 5.86. The summed E-state index contributed by atoms with van der Waals surface area (Å²) in [7, 11) is 1.79. The van der Waals surface area contributed by atoms with E-state index in [1.165, 1.54) is 11.3 Å². The van der Waals surface area contributed by atoms with Crippen molar-refractivity contribution in [3.05, 3.63) is 65.2 Å². The van der Waals surface area contributed by atoms with E-state index in [9.17, 15) is 9.90 Å². The average Bonchev–Trinajstić information content (AvgIpc) is 3.22. The Labute approximate surface area is 144 Å². The topological polar surface area (TPSA) is 67.2 Å². The average molecular weight is 341 g/mol. The third-order valence-electron chi connectivity index (χ3n) is 3.82. The Bertz CT molecular complexity index is 823. The van der Waals surface area contributed by atoms with Crippen LogP contribution in [0.5, 0.6) is 0 Å². The Morgan fingerprint density at radius 1 is 1.29 bits per heavy atom. The van der Waals surface area contributed by atoms with Crippen molar-refractivity contribution in [2.75, 3.05) is 6.54 Å². The second kappa shape index (κ2) is 6.59. The molecule has 2 aromatic heterocycles. The molecule has 0 saturated heterocycles. The molecule has 0 fully saturated rings. The number of carbonyl (C=O) groups is 1. The van der Waals surface area contributed by atoms with E-state index in [0.29, 0.717) is 11.3 Å². The minimum Gasteiger partial charge on any atom is -0.384 e. The molecule has 3 rings (SSSR count). The molecule has 0 aliphatic rings. The Morgan fingerprint density at radius 3 is 2.71 bits per heavy atom. The molecule has 24 heavy (non-hydrogen) atoms. The lowest BCUT2D eigenvalue weighted by Gasteiger charge is -2.24. The third kappa shape index (κ3) is 3.39. The number of aromatic nitrogens is 2. The normalized spacial score (nSPS) is 13.5. The molecule has 0 radical (unpaired) electrons. The number of aliphatic hydroxyl groups is 1. The van der Waals surface area contributed by atoms with Gasteiger partial charge in [-0.15, -0.1) is 11.3 Å². The van der Waals surface area contributed by atoms with Crippen LogP contribution in [0.4, 0.5) is 0 Å². The van der Waals surface area contributed by atoms with Crippen molar-refractivity contribution < 1.29 is 9.90 Å². The highest BCUT2D eigenvalue weighted by Crippen LogP contribution is 2.26. The molecule has 1 unspecified atom stereocenters. The SMILES string of the molecule is Cn1cc(C(=O)NCC(C)(O)c2ccccc2)c(-c2cccs2)n1. The first-order valence-electron chi connectivity index (χ1n) is 7.61. The maximum absolute atomic E-state index is 12.6. The van der Waals surface area contributed by atoms with Gasteiger partial charge in [0.15, 0.2) is 0 Å². The van der Waals surface area contributed by atoms with Crippen LogP contribution in [0, 0.1) is 0 Å². The summed E-state index contributed by atoms with van der Waals surface area (Å²) in [4.78, 5) is 13.5. The van der Waals surface area contributed by atoms with Gasteiger partial charge >= 0.3 is 0 Å². The molecule has 2 heterocycles. The van der Waals surface area contributed by atoms with Crippen LogP contribution >= 0.6 is 11.3 Å². The predicted octanol–water partition coefficient (Wildman–Crippen LogP) is 2.79. The molecular formula is C18H19N3O2S. The number of carbonyl (C=O) groups excluding carboxylic acids is 1. The molecule has 1 atom stereocenters. The van der Waals surface area contributed by atoms with Crippen molar-refractivity contribution in [2.24, 2.45) is 7.05 Å². The van der Waals surface area contributed by atoms with Gasteiger partial charge in [-0.05, 0) is 23.9 Å². The van der Waals surface area contributed by atoms with Gasteiger partial charge in [0.05, 0.1) is 17.0 Å². The standard InChI is InChI=1S/C18H19N3O2S/c1-18(23,13-7-4-3-5-8-13)12-19-17(22)14-11-21(2)20-16(14)15-9-6-10-24-15/h3-11,23H,12H2,1-2H3,(H,19,22). The zero-order valence-corrected chi connectivity index (χ0v) is 14.4. The maximum Gasteiger partial charge on any atom is 0.255 e. The monoisotopic (exact) mass is 341 g/mol. The first-order valence-corrected chi connectivity index (χ1v) is 8.49. The lowest BCUT2D eigenvalue weighted by Crippen LogP contribution is -2.38. The molecule has 6 heteroatoms. The summed E-state index contributed by atoms with van der Waals surface area (Å²) in [5.74, 6) is -0.247. The minimum absolute atomic E-state index is 0.120. The fourth-order valence-corrected chi connectivity index (χ4v) is 3.22. The number of nitrogens with zero attached hydrogens (tertiary/aromatic N) is 2. The fraction of sp³-hybridized carbons (Fsp3) is 0.222. The van der Waals surface area contributed by atoms with Gasteiger partial charge in [-0.25, -0.2) is 0 Å². The Balaban J connectivity index is 1.77. The maximum atomic E-state index is 12.6. The number of aryl methyl sites for hydroxylation is 1. The van der Waals surface area contributed by atoms with E-state index in [1.807, 2.05) is 47.8 Å². The first kappa shape index (κ1) is 16.4. The molecular weight excluding hydrogens is 322 g/mol. The Hall–Kier alpha value is -2.44. The number of benzene rings is 1. The molecule has 1 aromatic carbocycles. The third-order valence-corrected chi connectivity index (χ3v) is 4.69. The van der Waals surface area contributed by atoms with Crippen LogP contribution in [0.2, 0.25) is 0 Å². The first-order chi connectivity index (χ1) is 11.5. The summed E-state index contributed by atoms with van der Waals surface area (Å²) in [6.45, 7) is 1.81. The van der Waals surface area contributed by atoms with Crippen LogP contribution in [0.1, 0.15) is 22.8 Å². The van der Waals surface area contributed by atoms with Gasteiger partial charge in [-0.3, -0.25) is 9.48 Å². The van der Waals surface area contributed by atoms with Crippen LogP contribution in [0.3, 0.4) is 0 Å². The number of thiophene rings is 1. The quantitative estimate of drug-likeness (QED) is 0.750. The fourth-order valence-electron chi connectivity index (χ4n) is 2.50. The van der Waals surface area contributed by atoms with Gasteiger partial charge in [0, 0.05) is 13.2 Å². The molecule has 0 aliphatic carbocycles. The van der Waals surface area contributed by atoms with E-state index in [0.717, 1.165) is 10.4 Å². The minimum atomic E-state index is -1.14. The van der Waals surface area contributed by atoms with Crippen molar-refractivity contribution in [1.29, 1.82) is 0 Å². The van der Waals surface area contributed by atoms with Crippen molar-refractivity contribution in [1.82, 2.24) is 15.1 Å². The molecule has 0 aliphatic heterocycles. The zero-order chi connectivity index (χ0) is 17.2. The van der Waals surface area contributed by atoms with E-state index < -0.39 is 5.60 Å². The number of hydrogen-bond acceptors (Lipinski definition) is 4. The predicted molar refractivity (Wildman–Crippen MR) is 94.9 cm³/mol. The highest BCUT2D eigenvalue weighted by Gasteiger charge is 2.25. The Kier molecular flexibility index (Phi) is 4.51. The van der Waals surface area contributed by atoms with Crippen molar-refractivity contribution in [3.8, 4) is 10.6 Å². The second-order valence-corrected chi connectivity index (χ2v) is 6.81. The highest BCUT2D eigenvalue weighted by atomic mass is 32.1. The summed E-state index contributed by atoms with van der Waals surface area (Å²) >= 11 is 1.54. The molecule has 2 N–H and O–H groups in total. The van der Waals surface area contributed by atoms with Gasteiger partial charge < -0.3 is 10.4 Å². The van der Waals surface area contributed by atoms with Crippen LogP contribution in [-0.2, 0) is 12.6 Å². The molecule has 0 saturated carbocycles. The lowest BCUT2D eigenvalue weighted by molar-refractivity contribution is 0.0526. The van der Waals surface area contributed by atoms with Crippen LogP contribution in [-0.4, -0.2) is 27.3 Å². The molecule has 3 aromatic rings. The molecule has 1 amide bonds. The molecule has 124 valence electrons. The smallest absolute Gasteiger partial charge is 0.255 e. The van der Waals surface area contributed by atoms with E-state index in [1.54, 1.807) is 24.9 Å². The summed E-state index contributed by atoms with van der Waals surface area (Å²) in [5.41, 5.74) is 0.783. The summed E-state index contributed by atoms with van der Waals surface area (Å²) in [6, 6.07) is 13.2. The molecule has 5 nitrogen and oxygen atoms in total. The van der Waals surface area contributed by atoms with Crippen LogP contribution in [0.25, 0.3) is 10.6 Å². The van der Waals surface area contributed by atoms with Gasteiger partial charge in [0.1, 0.15) is 11.3 Å². The van der Waals surface area contributed by atoms with E-state index in [4.69, 9.17) is 0 Å². The van der Waals surface area contributed by atoms with E-state index >= 15 is 0 Å². The van der Waals surface area contributed by atoms with Crippen LogP contribution in [0.15, 0.2) is 54.0 Å². The van der Waals surface area contributed by atoms with Gasteiger partial charge in [-0.1, -0.05) is 36.4 Å². The summed E-state index contributed by atoms with van der Waals surface area (Å²) in [6.07, 6.45) is 1.70. The number of hydrogen-bond donors (Lipinski definition) is 2. The highest BCUT2D eigenvalue weighted by molar-refractivity contribution is 7.13. The molecule has 0 spiro atoms. The zero-order valence-electron chi connectivity index (χ0n) is 13.6. The van der Waals surface area contributed by atoms with Crippen LogP contribution < -0.4 is 5.32 Å². The number of rotatable bonds is 5. The van der Waals surface area contributed by atoms with Crippen molar-refractivity contribution in [3.63, 3.8) is 0 Å². The van der Waals surface area contributed by atoms with E-state index in [2.05, 4.69) is 10.4 Å².